The molecule has 0 radical (unpaired) electrons. The number of carbonyl (C=O) groups excluding carboxylic acids is 2. The molecule has 0 fully saturated rings. The molecule has 5 rings (SSSR count). The van der Waals surface area contributed by atoms with Crippen LogP contribution in [0.15, 0.2) is 60.4 Å². The van der Waals surface area contributed by atoms with Crippen LogP contribution in [-0.4, -0.2) is 25.7 Å². The van der Waals surface area contributed by atoms with Crippen LogP contribution in [0.3, 0.4) is 0 Å². The molecule has 0 bridgehead atoms. The van der Waals surface area contributed by atoms with Gasteiger partial charge in [0.15, 0.2) is 17.3 Å². The molecular weight excluding hydrogens is 412 g/mol. The van der Waals surface area contributed by atoms with E-state index < -0.39 is 5.97 Å². The van der Waals surface area contributed by atoms with Crippen LogP contribution in [0.2, 0.25) is 0 Å². The zero-order valence-electron chi connectivity index (χ0n) is 17.3. The van der Waals surface area contributed by atoms with Crippen molar-refractivity contribution >= 4 is 17.8 Å². The molecule has 0 N–H and O–H groups in total. The van der Waals surface area contributed by atoms with Gasteiger partial charge in [0.1, 0.15) is 17.2 Å². The highest BCUT2D eigenvalue weighted by Gasteiger charge is 2.31. The van der Waals surface area contributed by atoms with Crippen LogP contribution in [-0.2, 0) is 0 Å². The van der Waals surface area contributed by atoms with Gasteiger partial charge < -0.3 is 23.7 Å². The largest absolute Gasteiger partial charge is 0.497 e. The number of fused-ring (bicyclic) bond motifs is 2. The Labute approximate surface area is 183 Å². The lowest BCUT2D eigenvalue weighted by molar-refractivity contribution is 0.0732. The fraction of sp³-hybridized carbons (Fsp3) is 0.120. The van der Waals surface area contributed by atoms with E-state index >= 15 is 0 Å². The highest BCUT2D eigenvalue weighted by Crippen LogP contribution is 2.40. The van der Waals surface area contributed by atoms with E-state index in [1.54, 1.807) is 61.5 Å². The summed E-state index contributed by atoms with van der Waals surface area (Å²) in [6, 6.07) is 15.2. The van der Waals surface area contributed by atoms with Crippen molar-refractivity contribution in [3.05, 3.63) is 82.6 Å². The number of rotatable bonds is 4. The van der Waals surface area contributed by atoms with E-state index in [0.29, 0.717) is 45.4 Å². The maximum absolute atomic E-state index is 12.8. The Morgan fingerprint density at radius 2 is 1.88 bits per heavy atom. The zero-order chi connectivity index (χ0) is 22.2. The standard InChI is InChI=1S/C25H18O7/c1-14-19(32-25(27)16-4-3-5-17(12-16)28-2)9-7-18-23(26)22(31-24(14)18)11-15-6-8-20-21(10-15)30-13-29-20/h3-12H,13H2,1-2H3/b22-11-. The van der Waals surface area contributed by atoms with Gasteiger partial charge in [0.25, 0.3) is 0 Å². The van der Waals surface area contributed by atoms with Crippen molar-refractivity contribution < 1.29 is 33.3 Å². The summed E-state index contributed by atoms with van der Waals surface area (Å²) in [5, 5.41) is 0. The van der Waals surface area contributed by atoms with Gasteiger partial charge in [0.2, 0.25) is 12.6 Å². The monoisotopic (exact) mass is 430 g/mol. The van der Waals surface area contributed by atoms with E-state index in [4.69, 9.17) is 23.7 Å². The summed E-state index contributed by atoms with van der Waals surface area (Å²) >= 11 is 0. The Bertz CT molecular complexity index is 1290. The van der Waals surface area contributed by atoms with Crippen molar-refractivity contribution in [3.8, 4) is 28.7 Å². The number of carbonyl (C=O) groups is 2. The van der Waals surface area contributed by atoms with Gasteiger partial charge in [-0.1, -0.05) is 12.1 Å². The molecule has 0 spiro atoms. The minimum atomic E-state index is -0.535. The van der Waals surface area contributed by atoms with Gasteiger partial charge in [0.05, 0.1) is 18.2 Å². The minimum absolute atomic E-state index is 0.173. The van der Waals surface area contributed by atoms with Crippen molar-refractivity contribution in [2.75, 3.05) is 13.9 Å². The number of hydrogen-bond donors (Lipinski definition) is 0. The predicted molar refractivity (Wildman–Crippen MR) is 115 cm³/mol. The summed E-state index contributed by atoms with van der Waals surface area (Å²) in [5.41, 5.74) is 2.06. The Hall–Kier alpha value is -4.26. The Balaban J connectivity index is 1.40. The summed E-state index contributed by atoms with van der Waals surface area (Å²) in [6.07, 6.45) is 1.64. The van der Waals surface area contributed by atoms with Crippen molar-refractivity contribution in [1.29, 1.82) is 0 Å². The molecule has 32 heavy (non-hydrogen) atoms. The van der Waals surface area contributed by atoms with Crippen LogP contribution >= 0.6 is 0 Å². The lowest BCUT2D eigenvalue weighted by atomic mass is 10.1. The molecule has 3 aromatic rings. The molecule has 0 aliphatic carbocycles. The molecular formula is C25H18O7. The number of ether oxygens (including phenoxy) is 5. The lowest BCUT2D eigenvalue weighted by Crippen LogP contribution is -2.09. The third-order valence-corrected chi connectivity index (χ3v) is 5.24. The van der Waals surface area contributed by atoms with Crippen LogP contribution < -0.4 is 23.7 Å². The molecule has 0 amide bonds. The second-order valence-corrected chi connectivity index (χ2v) is 7.24. The van der Waals surface area contributed by atoms with E-state index in [1.165, 1.54) is 7.11 Å². The summed E-state index contributed by atoms with van der Waals surface area (Å²) in [7, 11) is 1.53. The van der Waals surface area contributed by atoms with Crippen LogP contribution in [0.4, 0.5) is 0 Å². The van der Waals surface area contributed by atoms with Crippen molar-refractivity contribution in [2.24, 2.45) is 0 Å². The van der Waals surface area contributed by atoms with Crippen molar-refractivity contribution in [2.45, 2.75) is 6.92 Å². The van der Waals surface area contributed by atoms with Gasteiger partial charge in [-0.2, -0.15) is 0 Å². The predicted octanol–water partition coefficient (Wildman–Crippen LogP) is 4.57. The van der Waals surface area contributed by atoms with Gasteiger partial charge in [0, 0.05) is 5.56 Å². The smallest absolute Gasteiger partial charge is 0.343 e. The Morgan fingerprint density at radius 3 is 2.72 bits per heavy atom. The Kier molecular flexibility index (Phi) is 4.78. The van der Waals surface area contributed by atoms with E-state index in [2.05, 4.69) is 0 Å². The molecule has 0 aromatic heterocycles. The molecule has 0 saturated carbocycles. The summed E-state index contributed by atoms with van der Waals surface area (Å²) in [4.78, 5) is 25.4. The average Bonchev–Trinajstić information content (AvgIpc) is 3.40. The number of ketones is 1. The summed E-state index contributed by atoms with van der Waals surface area (Å²) in [6.45, 7) is 1.91. The van der Waals surface area contributed by atoms with Crippen LogP contribution in [0.25, 0.3) is 6.08 Å². The van der Waals surface area contributed by atoms with Gasteiger partial charge in [-0.3, -0.25) is 4.79 Å². The summed E-state index contributed by atoms with van der Waals surface area (Å²) in [5.74, 6) is 1.92. The molecule has 7 nitrogen and oxygen atoms in total. The third kappa shape index (κ3) is 3.43. The number of benzene rings is 3. The van der Waals surface area contributed by atoms with E-state index in [1.807, 2.05) is 6.07 Å². The number of hydrogen-bond acceptors (Lipinski definition) is 7. The summed E-state index contributed by atoms with van der Waals surface area (Å²) < 4.78 is 27.3. The van der Waals surface area contributed by atoms with Gasteiger partial charge in [-0.25, -0.2) is 4.79 Å². The fourth-order valence-electron chi connectivity index (χ4n) is 3.54. The van der Waals surface area contributed by atoms with E-state index in [9.17, 15) is 9.59 Å². The quantitative estimate of drug-likeness (QED) is 0.341. The number of allylic oxidation sites excluding steroid dienone is 1. The molecule has 7 heteroatoms. The van der Waals surface area contributed by atoms with Gasteiger partial charge in [-0.15, -0.1) is 0 Å². The molecule has 2 aliphatic rings. The molecule has 2 aliphatic heterocycles. The van der Waals surface area contributed by atoms with Crippen LogP contribution in [0.5, 0.6) is 28.7 Å². The Morgan fingerprint density at radius 1 is 1.03 bits per heavy atom. The van der Waals surface area contributed by atoms with Crippen LogP contribution in [0, 0.1) is 6.92 Å². The maximum Gasteiger partial charge on any atom is 0.343 e. The van der Waals surface area contributed by atoms with Gasteiger partial charge in [-0.05, 0) is 61.0 Å². The van der Waals surface area contributed by atoms with Crippen molar-refractivity contribution in [1.82, 2.24) is 0 Å². The second kappa shape index (κ2) is 7.77. The normalized spacial score (nSPS) is 14.8. The topological polar surface area (TPSA) is 80.3 Å². The van der Waals surface area contributed by atoms with E-state index in [0.717, 1.165) is 5.56 Å². The van der Waals surface area contributed by atoms with E-state index in [-0.39, 0.29) is 18.3 Å². The molecule has 2 heterocycles. The first-order valence-electron chi connectivity index (χ1n) is 9.87. The molecule has 160 valence electrons. The first kappa shape index (κ1) is 19.7. The fourth-order valence-corrected chi connectivity index (χ4v) is 3.54. The van der Waals surface area contributed by atoms with Gasteiger partial charge >= 0.3 is 5.97 Å². The van der Waals surface area contributed by atoms with Crippen molar-refractivity contribution in [3.63, 3.8) is 0 Å². The lowest BCUT2D eigenvalue weighted by Gasteiger charge is -2.10. The zero-order valence-corrected chi connectivity index (χ0v) is 17.3. The molecule has 0 atom stereocenters. The average molecular weight is 430 g/mol. The molecule has 0 unspecified atom stereocenters. The number of methoxy groups -OCH3 is 1. The highest BCUT2D eigenvalue weighted by molar-refractivity contribution is 6.15. The number of esters is 1. The second-order valence-electron chi connectivity index (χ2n) is 7.24. The SMILES string of the molecule is COc1cccc(C(=O)Oc2ccc3c(c2C)O/C(=C\c2ccc4c(c2)OCO4)C3=O)c1. The first-order valence-corrected chi connectivity index (χ1v) is 9.87. The first-order chi connectivity index (χ1) is 15.5. The maximum atomic E-state index is 12.8. The van der Waals surface area contributed by atoms with Crippen LogP contribution in [0.1, 0.15) is 31.8 Å². The highest BCUT2D eigenvalue weighted by atomic mass is 16.7. The third-order valence-electron chi connectivity index (χ3n) is 5.24. The molecule has 0 saturated heterocycles. The number of Topliss-reactive ketones (excluding diaryl/α,β-unsaturated/α-hetero) is 1. The molecule has 3 aromatic carbocycles. The minimum Gasteiger partial charge on any atom is -0.497 e.